The van der Waals surface area contributed by atoms with Crippen molar-refractivity contribution in [2.75, 3.05) is 0 Å². The SMILES string of the molecule is c1ccc(-c2sc3c(ccc4c3c3ccccc3n4-c3cc4ccccc4cn3)c2-c2ccccc2)cc1.c1ccc(-c2sc3c(ccc4c3c3ccccc3n4-c3ccc(-c4cccc5cccnc45)cc3)c2-c2ccccc2)cc1.c1ccc(-c2sc3c(ccc4c3c3ccccc3n4-c3cccc(-c4cc5ccccc5cn4)c3)c2-c2ccccc2)cc1. The van der Waals surface area contributed by atoms with Crippen molar-refractivity contribution in [2.45, 2.75) is 0 Å². The summed E-state index contributed by atoms with van der Waals surface area (Å²) in [6.07, 6.45) is 5.83. The van der Waals surface area contributed by atoms with Crippen LogP contribution in [0.2, 0.25) is 0 Å². The van der Waals surface area contributed by atoms with Crippen molar-refractivity contribution in [1.82, 2.24) is 28.7 Å². The number of fused-ring (bicyclic) bond motifs is 18. The molecule has 0 bridgehead atoms. The van der Waals surface area contributed by atoms with Crippen molar-refractivity contribution < 1.29 is 0 Å². The predicted molar refractivity (Wildman–Crippen MR) is 538 cm³/mol. The Hall–Kier alpha value is -15.8. The largest absolute Gasteiger partial charge is 0.309 e. The van der Waals surface area contributed by atoms with Crippen LogP contribution in [0.25, 0.3) is 232 Å². The normalized spacial score (nSPS) is 11.7. The highest BCUT2D eigenvalue weighted by Crippen LogP contribution is 2.54. The highest BCUT2D eigenvalue weighted by molar-refractivity contribution is 7.25. The maximum absolute atomic E-state index is 4.91. The van der Waals surface area contributed by atoms with E-state index < -0.39 is 0 Å². The van der Waals surface area contributed by atoms with E-state index in [0.717, 1.165) is 55.7 Å². The second-order valence-electron chi connectivity index (χ2n) is 32.0. The molecule has 0 atom stereocenters. The lowest BCUT2D eigenvalue weighted by atomic mass is 9.98. The zero-order chi connectivity index (χ0) is 83.1. The Labute approximate surface area is 738 Å². The summed E-state index contributed by atoms with van der Waals surface area (Å²) >= 11 is 5.70. The van der Waals surface area contributed by atoms with Gasteiger partial charge in [0, 0.05) is 151 Å². The van der Waals surface area contributed by atoms with Crippen LogP contribution < -0.4 is 0 Å². The standard InChI is InChI=1S/2C41H26N2S.C35H22N2S/c1-3-11-28(12-4-1)37-34-24-25-36-38(41(34)44-40(37)30-13-5-2-6-14-30)33-17-7-8-19-35(33)43(36)31-22-20-27(21-23-31)32-18-9-15-29-16-10-26-42-39(29)32;1-3-12-27(13-4-1)38-34-22-23-37-39(41(34)44-40(38)28-14-5-2-6-15-28)33-20-9-10-21-36(33)43(37)32-19-11-18-30(24-32)35-25-29-16-7-8-17-31(29)26-42-35;1-3-11-23(12-4-1)32-28-19-20-30-33(35(28)38-34(32)24-13-5-2-6-14-24)27-17-9-10-18-29(27)37(30)31-21-25-15-7-8-16-26(25)22-36-31/h2*1-26H;1-22H. The molecule has 6 nitrogen and oxygen atoms in total. The van der Waals surface area contributed by atoms with Crippen molar-refractivity contribution in [3.05, 3.63) is 449 Å². The Bertz CT molecular complexity index is 8680. The lowest BCUT2D eigenvalue weighted by molar-refractivity contribution is 1.09. The first-order chi connectivity index (χ1) is 62.5. The van der Waals surface area contributed by atoms with Crippen LogP contribution in [0.15, 0.2) is 449 Å². The Morgan fingerprint density at radius 3 is 1.05 bits per heavy atom. The number of pyridine rings is 3. The van der Waals surface area contributed by atoms with Gasteiger partial charge in [-0.2, -0.15) is 0 Å². The number of thiophene rings is 3. The molecule has 9 aromatic heterocycles. The molecular weight excluding hydrogens is 1590 g/mol. The molecule has 0 aliphatic heterocycles. The molecule has 26 rings (SSSR count). The van der Waals surface area contributed by atoms with E-state index in [9.17, 15) is 0 Å². The minimum atomic E-state index is 0.942. The summed E-state index contributed by atoms with van der Waals surface area (Å²) in [6, 6.07) is 154. The van der Waals surface area contributed by atoms with Gasteiger partial charge in [0.1, 0.15) is 5.82 Å². The summed E-state index contributed by atoms with van der Waals surface area (Å²) in [4.78, 5) is 18.4. The first-order valence-electron chi connectivity index (χ1n) is 42.6. The van der Waals surface area contributed by atoms with Gasteiger partial charge in [-0.25, -0.2) is 4.98 Å². The summed E-state index contributed by atoms with van der Waals surface area (Å²) in [5.74, 6) is 0.942. The number of rotatable bonds is 11. The zero-order valence-corrected chi connectivity index (χ0v) is 70.6. The number of para-hydroxylation sites is 4. The Kier molecular flexibility index (Phi) is 18.4. The van der Waals surface area contributed by atoms with Crippen molar-refractivity contribution in [1.29, 1.82) is 0 Å². The zero-order valence-electron chi connectivity index (χ0n) is 68.1. The highest BCUT2D eigenvalue weighted by atomic mass is 32.1. The van der Waals surface area contributed by atoms with Crippen LogP contribution in [0.1, 0.15) is 0 Å². The molecule has 0 saturated heterocycles. The minimum Gasteiger partial charge on any atom is -0.309 e. The maximum Gasteiger partial charge on any atom is 0.138 e. The second kappa shape index (κ2) is 31.3. The number of aromatic nitrogens is 6. The molecule has 0 spiro atoms. The van der Waals surface area contributed by atoms with Gasteiger partial charge in [0.25, 0.3) is 0 Å². The third kappa shape index (κ3) is 12.7. The monoisotopic (exact) mass is 1660 g/mol. The molecule has 0 radical (unpaired) electrons. The number of hydrogen-bond donors (Lipinski definition) is 0. The molecule has 0 N–H and O–H groups in total. The van der Waals surface area contributed by atoms with Gasteiger partial charge >= 0.3 is 0 Å². The smallest absolute Gasteiger partial charge is 0.138 e. The van der Waals surface area contributed by atoms with Gasteiger partial charge in [-0.15, -0.1) is 34.0 Å². The Morgan fingerprint density at radius 2 is 0.571 bits per heavy atom. The van der Waals surface area contributed by atoms with E-state index in [4.69, 9.17) is 9.97 Å². The van der Waals surface area contributed by atoms with E-state index in [0.29, 0.717) is 0 Å². The Balaban J connectivity index is 0.000000106. The predicted octanol–water partition coefficient (Wildman–Crippen LogP) is 33.0. The average Bonchev–Trinajstić information content (AvgIpc) is 1.57. The third-order valence-electron chi connectivity index (χ3n) is 24.7. The first kappa shape index (κ1) is 74.1. The molecule has 0 saturated carbocycles. The van der Waals surface area contributed by atoms with E-state index in [1.54, 1.807) is 0 Å². The molecule has 0 unspecified atom stereocenters. The van der Waals surface area contributed by atoms with Crippen molar-refractivity contribution >= 4 is 162 Å². The van der Waals surface area contributed by atoms with Gasteiger partial charge in [0.15, 0.2) is 0 Å². The van der Waals surface area contributed by atoms with Crippen LogP contribution in [0.3, 0.4) is 0 Å². The molecule has 9 heteroatoms. The fourth-order valence-corrected chi connectivity index (χ4v) is 23.2. The van der Waals surface area contributed by atoms with Crippen LogP contribution in [-0.2, 0) is 0 Å². The fourth-order valence-electron chi connectivity index (χ4n) is 19.0. The van der Waals surface area contributed by atoms with E-state index in [1.165, 1.54) is 177 Å². The molecule has 590 valence electrons. The van der Waals surface area contributed by atoms with E-state index >= 15 is 0 Å². The molecule has 0 amide bonds. The van der Waals surface area contributed by atoms with Crippen LogP contribution in [0, 0.1) is 0 Å². The summed E-state index contributed by atoms with van der Waals surface area (Å²) in [7, 11) is 0. The van der Waals surface area contributed by atoms with E-state index in [2.05, 4.69) is 443 Å². The van der Waals surface area contributed by atoms with Crippen LogP contribution in [0.4, 0.5) is 0 Å². The van der Waals surface area contributed by atoms with Gasteiger partial charge in [0.2, 0.25) is 0 Å². The highest BCUT2D eigenvalue weighted by Gasteiger charge is 2.27. The van der Waals surface area contributed by atoms with E-state index in [1.807, 2.05) is 58.7 Å². The summed E-state index contributed by atoms with van der Waals surface area (Å²) in [6.45, 7) is 0. The molecule has 0 aliphatic rings. The third-order valence-corrected chi connectivity index (χ3v) is 28.5. The van der Waals surface area contributed by atoms with Crippen molar-refractivity contribution in [3.63, 3.8) is 0 Å². The molecular formula is C117H74N6S3. The summed E-state index contributed by atoms with van der Waals surface area (Å²) in [5, 5.41) is 17.4. The molecule has 17 aromatic carbocycles. The van der Waals surface area contributed by atoms with Gasteiger partial charge in [0.05, 0.1) is 44.3 Å². The summed E-state index contributed by atoms with van der Waals surface area (Å²) in [5.41, 5.74) is 26.3. The maximum atomic E-state index is 4.91. The first-order valence-corrected chi connectivity index (χ1v) is 45.0. The van der Waals surface area contributed by atoms with Gasteiger partial charge in [-0.05, 0) is 129 Å². The van der Waals surface area contributed by atoms with Crippen molar-refractivity contribution in [3.8, 4) is 104 Å². The molecule has 126 heavy (non-hydrogen) atoms. The minimum absolute atomic E-state index is 0.942. The molecule has 0 fully saturated rings. The quantitative estimate of drug-likeness (QED) is 0.130. The average molecular weight is 1660 g/mol. The molecule has 26 aromatic rings. The topological polar surface area (TPSA) is 53.5 Å². The number of nitrogens with zero attached hydrogens (tertiary/aromatic N) is 6. The number of hydrogen-bond acceptors (Lipinski definition) is 6. The van der Waals surface area contributed by atoms with E-state index in [-0.39, 0.29) is 0 Å². The fraction of sp³-hybridized carbons (Fsp3) is 0. The van der Waals surface area contributed by atoms with Gasteiger partial charge < -0.3 is 9.13 Å². The second-order valence-corrected chi connectivity index (χ2v) is 35.0. The van der Waals surface area contributed by atoms with Gasteiger partial charge in [-0.1, -0.05) is 352 Å². The lowest BCUT2D eigenvalue weighted by Gasteiger charge is -2.11. The van der Waals surface area contributed by atoms with Gasteiger partial charge in [-0.3, -0.25) is 14.5 Å². The number of benzene rings is 17. The molecule has 9 heterocycles. The lowest BCUT2D eigenvalue weighted by Crippen LogP contribution is -1.97. The molecule has 0 aliphatic carbocycles. The Morgan fingerprint density at radius 1 is 0.206 bits per heavy atom. The van der Waals surface area contributed by atoms with Crippen LogP contribution >= 0.6 is 34.0 Å². The van der Waals surface area contributed by atoms with Crippen molar-refractivity contribution in [2.24, 2.45) is 0 Å². The van der Waals surface area contributed by atoms with Crippen LogP contribution in [0.5, 0.6) is 0 Å². The van der Waals surface area contributed by atoms with Crippen LogP contribution in [-0.4, -0.2) is 28.7 Å². The summed E-state index contributed by atoms with van der Waals surface area (Å²) < 4.78 is 11.1.